The fraction of sp³-hybridized carbons (Fsp3) is 0. The average molecular weight is 197 g/mol. The zero-order valence-corrected chi connectivity index (χ0v) is 7.79. The van der Waals surface area contributed by atoms with Gasteiger partial charge in [-0.05, 0) is 18.2 Å². The van der Waals surface area contributed by atoms with Crippen molar-refractivity contribution < 1.29 is 0 Å². The Morgan fingerprint density at radius 1 is 1.20 bits per heavy atom. The van der Waals surface area contributed by atoms with E-state index in [1.807, 2.05) is 12.1 Å². The molecule has 3 heterocycles. The number of rotatable bonds is 0. The van der Waals surface area contributed by atoms with Crippen molar-refractivity contribution in [3.05, 3.63) is 53.2 Å². The zero-order valence-electron chi connectivity index (χ0n) is 7.79. The lowest BCUT2D eigenvalue weighted by atomic mass is 10.3. The first-order chi connectivity index (χ1) is 7.36. The van der Waals surface area contributed by atoms with E-state index in [0.717, 1.165) is 0 Å². The van der Waals surface area contributed by atoms with Gasteiger partial charge in [-0.15, -0.1) is 0 Å². The van der Waals surface area contributed by atoms with Crippen LogP contribution in [0.25, 0.3) is 16.6 Å². The van der Waals surface area contributed by atoms with Crippen molar-refractivity contribution in [1.82, 2.24) is 14.4 Å². The molecule has 0 fully saturated rings. The minimum absolute atomic E-state index is 0.0574. The largest absolute Gasteiger partial charge is 0.268 e. The predicted octanol–water partition coefficient (Wildman–Crippen LogP) is 1.24. The molecule has 0 atom stereocenters. The highest BCUT2D eigenvalue weighted by atomic mass is 16.1. The zero-order chi connectivity index (χ0) is 10.3. The van der Waals surface area contributed by atoms with Crippen LogP contribution >= 0.6 is 0 Å². The Kier molecular flexibility index (Phi) is 1.56. The van der Waals surface area contributed by atoms with Crippen LogP contribution in [0.3, 0.4) is 0 Å². The van der Waals surface area contributed by atoms with Crippen LogP contribution in [0.2, 0.25) is 0 Å². The standard InChI is InChI=1S/C11H7N3O/c15-11-8-4-5-12-7-9(8)13-10-3-1-2-6-14(10)11/h1-7H. The molecule has 0 N–H and O–H groups in total. The third kappa shape index (κ3) is 1.11. The highest BCUT2D eigenvalue weighted by Gasteiger charge is 2.03. The lowest BCUT2D eigenvalue weighted by molar-refractivity contribution is 1.07. The molecule has 0 saturated carbocycles. The molecule has 0 aliphatic rings. The number of hydrogen-bond acceptors (Lipinski definition) is 3. The Labute approximate surface area is 84.8 Å². The summed E-state index contributed by atoms with van der Waals surface area (Å²) in [7, 11) is 0. The summed E-state index contributed by atoms with van der Waals surface area (Å²) in [6.07, 6.45) is 4.91. The summed E-state index contributed by atoms with van der Waals surface area (Å²) < 4.78 is 1.53. The first-order valence-corrected chi connectivity index (χ1v) is 4.57. The fourth-order valence-corrected chi connectivity index (χ4v) is 1.61. The normalized spacial score (nSPS) is 10.9. The quantitative estimate of drug-likeness (QED) is 0.509. The summed E-state index contributed by atoms with van der Waals surface area (Å²) in [5, 5.41) is 0.591. The monoisotopic (exact) mass is 197 g/mol. The number of aromatic nitrogens is 3. The van der Waals surface area contributed by atoms with Gasteiger partial charge in [-0.3, -0.25) is 14.2 Å². The van der Waals surface area contributed by atoms with Crippen molar-refractivity contribution in [1.29, 1.82) is 0 Å². The lowest BCUT2D eigenvalue weighted by Crippen LogP contribution is -2.14. The predicted molar refractivity (Wildman–Crippen MR) is 56.8 cm³/mol. The van der Waals surface area contributed by atoms with Crippen LogP contribution < -0.4 is 5.56 Å². The average Bonchev–Trinajstić information content (AvgIpc) is 2.30. The molecular formula is C11H7N3O. The molecule has 0 spiro atoms. The van der Waals surface area contributed by atoms with E-state index in [0.29, 0.717) is 16.6 Å². The van der Waals surface area contributed by atoms with E-state index >= 15 is 0 Å². The molecule has 15 heavy (non-hydrogen) atoms. The molecule has 0 bridgehead atoms. The Morgan fingerprint density at radius 3 is 3.07 bits per heavy atom. The smallest absolute Gasteiger partial charge is 0.265 e. The lowest BCUT2D eigenvalue weighted by Gasteiger charge is -2.01. The van der Waals surface area contributed by atoms with Crippen LogP contribution in [0.4, 0.5) is 0 Å². The second-order valence-electron chi connectivity index (χ2n) is 3.24. The molecule has 4 nitrogen and oxygen atoms in total. The van der Waals surface area contributed by atoms with Crippen LogP contribution in [0.1, 0.15) is 0 Å². The molecule has 4 heteroatoms. The Morgan fingerprint density at radius 2 is 2.13 bits per heavy atom. The molecule has 0 radical (unpaired) electrons. The molecule has 0 aromatic carbocycles. The molecule has 0 unspecified atom stereocenters. The minimum Gasteiger partial charge on any atom is -0.268 e. The highest BCUT2D eigenvalue weighted by Crippen LogP contribution is 2.06. The van der Waals surface area contributed by atoms with Crippen molar-refractivity contribution in [2.45, 2.75) is 0 Å². The number of fused-ring (bicyclic) bond motifs is 2. The van der Waals surface area contributed by atoms with Crippen molar-refractivity contribution in [3.8, 4) is 0 Å². The van der Waals surface area contributed by atoms with Crippen molar-refractivity contribution in [2.24, 2.45) is 0 Å². The molecule has 0 saturated heterocycles. The highest BCUT2D eigenvalue weighted by molar-refractivity contribution is 5.78. The minimum atomic E-state index is -0.0574. The van der Waals surface area contributed by atoms with E-state index in [9.17, 15) is 4.79 Å². The van der Waals surface area contributed by atoms with Gasteiger partial charge in [-0.1, -0.05) is 6.07 Å². The van der Waals surface area contributed by atoms with Gasteiger partial charge in [0.2, 0.25) is 0 Å². The maximum absolute atomic E-state index is 12.0. The van der Waals surface area contributed by atoms with Gasteiger partial charge in [0.1, 0.15) is 5.65 Å². The van der Waals surface area contributed by atoms with Gasteiger partial charge in [-0.25, -0.2) is 4.98 Å². The summed E-state index contributed by atoms with van der Waals surface area (Å²) >= 11 is 0. The number of hydrogen-bond donors (Lipinski definition) is 0. The number of pyridine rings is 2. The molecule has 0 amide bonds. The van der Waals surface area contributed by atoms with Crippen LogP contribution in [0, 0.1) is 0 Å². The maximum atomic E-state index is 12.0. The van der Waals surface area contributed by atoms with Crippen molar-refractivity contribution >= 4 is 16.6 Å². The third-order valence-corrected chi connectivity index (χ3v) is 2.32. The maximum Gasteiger partial charge on any atom is 0.265 e. The summed E-state index contributed by atoms with van der Waals surface area (Å²) in [5.74, 6) is 0. The fourth-order valence-electron chi connectivity index (χ4n) is 1.61. The Balaban J connectivity index is 2.66. The molecule has 3 aromatic heterocycles. The molecule has 72 valence electrons. The summed E-state index contributed by atoms with van der Waals surface area (Å²) in [4.78, 5) is 20.3. The van der Waals surface area contributed by atoms with E-state index in [1.165, 1.54) is 4.40 Å². The molecule has 0 aliphatic heterocycles. The third-order valence-electron chi connectivity index (χ3n) is 2.32. The Bertz CT molecular complexity index is 646. The SMILES string of the molecule is O=c1c2ccncc2nc2ccccn12. The molecule has 0 aliphatic carbocycles. The topological polar surface area (TPSA) is 47.3 Å². The van der Waals surface area contributed by atoms with E-state index in [-0.39, 0.29) is 5.56 Å². The van der Waals surface area contributed by atoms with Gasteiger partial charge in [0.25, 0.3) is 5.56 Å². The van der Waals surface area contributed by atoms with E-state index in [2.05, 4.69) is 9.97 Å². The van der Waals surface area contributed by atoms with E-state index < -0.39 is 0 Å². The first kappa shape index (κ1) is 8.11. The molecular weight excluding hydrogens is 190 g/mol. The van der Waals surface area contributed by atoms with Crippen molar-refractivity contribution in [2.75, 3.05) is 0 Å². The van der Waals surface area contributed by atoms with Crippen molar-refractivity contribution in [3.63, 3.8) is 0 Å². The first-order valence-electron chi connectivity index (χ1n) is 4.57. The van der Waals surface area contributed by atoms with Gasteiger partial charge >= 0.3 is 0 Å². The number of nitrogens with zero attached hydrogens (tertiary/aromatic N) is 3. The summed E-state index contributed by atoms with van der Waals surface area (Å²) in [6, 6.07) is 7.14. The van der Waals surface area contributed by atoms with Gasteiger partial charge < -0.3 is 0 Å². The van der Waals surface area contributed by atoms with Crippen LogP contribution in [0.15, 0.2) is 47.7 Å². The second-order valence-corrected chi connectivity index (χ2v) is 3.24. The van der Waals surface area contributed by atoms with Gasteiger partial charge in [0.15, 0.2) is 0 Å². The van der Waals surface area contributed by atoms with Gasteiger partial charge in [0, 0.05) is 12.4 Å². The van der Waals surface area contributed by atoms with Crippen LogP contribution in [-0.4, -0.2) is 14.4 Å². The Hall–Kier alpha value is -2.23. The van der Waals surface area contributed by atoms with Crippen LogP contribution in [-0.2, 0) is 0 Å². The molecule has 3 aromatic rings. The van der Waals surface area contributed by atoms with E-state index in [4.69, 9.17) is 0 Å². The second kappa shape index (κ2) is 2.88. The summed E-state index contributed by atoms with van der Waals surface area (Å²) in [6.45, 7) is 0. The van der Waals surface area contributed by atoms with Gasteiger partial charge in [-0.2, -0.15) is 0 Å². The van der Waals surface area contributed by atoms with Crippen LogP contribution in [0.5, 0.6) is 0 Å². The summed E-state index contributed by atoms with van der Waals surface area (Å²) in [5.41, 5.74) is 1.22. The van der Waals surface area contributed by atoms with E-state index in [1.54, 1.807) is 30.7 Å². The molecule has 3 rings (SSSR count). The van der Waals surface area contributed by atoms with Gasteiger partial charge in [0.05, 0.1) is 17.1 Å².